The highest BCUT2D eigenvalue weighted by atomic mass is 127. The van der Waals surface area contributed by atoms with E-state index in [0.717, 1.165) is 37.4 Å². The zero-order valence-corrected chi connectivity index (χ0v) is 69.5. The minimum atomic E-state index is -1.23. The van der Waals surface area contributed by atoms with Gasteiger partial charge < -0.3 is 59.6 Å². The molecule has 586 valence electrons. The number of aliphatic hydroxyl groups is 2. The zero-order valence-electron chi connectivity index (χ0n) is 60.9. The summed E-state index contributed by atoms with van der Waals surface area (Å²) >= 11 is 7.90. The average Bonchev–Trinajstić information content (AvgIpc) is 1.02. The molecule has 0 radical (unpaired) electrons. The van der Waals surface area contributed by atoms with Gasteiger partial charge in [0.15, 0.2) is 17.4 Å². The summed E-state index contributed by atoms with van der Waals surface area (Å²) in [6.45, 7) is 8.17. The van der Waals surface area contributed by atoms with Gasteiger partial charge >= 0.3 is 11.4 Å². The summed E-state index contributed by atoms with van der Waals surface area (Å²) in [6, 6.07) is 25.5. The first-order valence-electron chi connectivity index (χ1n) is 33.2. The minimum Gasteiger partial charge on any atom is -0.456 e. The molecule has 2 saturated heterocycles. The predicted molar refractivity (Wildman–Crippen MR) is 436 cm³/mol. The molecule has 3 atom stereocenters. The molecule has 0 aliphatic carbocycles. The van der Waals surface area contributed by atoms with Crippen molar-refractivity contribution < 1.29 is 70.2 Å². The van der Waals surface area contributed by atoms with Crippen molar-refractivity contribution in [1.82, 2.24) is 38.0 Å². The maximum Gasteiger partial charge on any atom is 0.337 e. The number of nitrogens with one attached hydrogen (secondary N) is 3. The van der Waals surface area contributed by atoms with Crippen LogP contribution in [0.5, 0.6) is 11.5 Å². The van der Waals surface area contributed by atoms with E-state index in [2.05, 4.69) is 25.9 Å². The van der Waals surface area contributed by atoms with Crippen molar-refractivity contribution in [1.29, 1.82) is 0 Å². The summed E-state index contributed by atoms with van der Waals surface area (Å²) in [5.74, 6) is -5.86. The third-order valence-corrected chi connectivity index (χ3v) is 18.6. The number of ketones is 1. The van der Waals surface area contributed by atoms with Crippen molar-refractivity contribution in [3.63, 3.8) is 0 Å². The van der Waals surface area contributed by atoms with Crippen molar-refractivity contribution in [2.75, 3.05) is 77.1 Å². The number of benzene rings is 5. The number of aliphatic imine (C=N–C) groups is 2. The molecule has 0 bridgehead atoms. The molecule has 3 aromatic heterocycles. The van der Waals surface area contributed by atoms with Crippen LogP contribution in [-0.4, -0.2) is 165 Å². The number of aliphatic hydroxyl groups excluding tert-OH is 2. The third kappa shape index (κ3) is 22.6. The van der Waals surface area contributed by atoms with Gasteiger partial charge in [-0.15, -0.1) is 0 Å². The molecule has 110 heavy (non-hydrogen) atoms. The molecule has 5 N–H and O–H groups in total. The van der Waals surface area contributed by atoms with E-state index in [1.807, 2.05) is 90.4 Å². The maximum absolute atomic E-state index is 14.7. The normalized spacial score (nSPS) is 15.9. The van der Waals surface area contributed by atoms with Gasteiger partial charge in [-0.3, -0.25) is 47.4 Å². The molecule has 5 aromatic carbocycles. The number of rotatable bonds is 20. The Labute approximate surface area is 680 Å². The van der Waals surface area contributed by atoms with Gasteiger partial charge in [-0.25, -0.2) is 50.7 Å². The number of hydrogen-bond donors (Lipinski definition) is 5. The fourth-order valence-electron chi connectivity index (χ4n) is 10.7. The number of carbonyl (C=O) groups excluding carboxylic acids is 3. The molecule has 28 nitrogen and oxygen atoms in total. The van der Waals surface area contributed by atoms with Crippen LogP contribution in [0.2, 0.25) is 0 Å². The zero-order chi connectivity index (χ0) is 81.0. The van der Waals surface area contributed by atoms with Gasteiger partial charge in [0.2, 0.25) is 5.91 Å². The highest BCUT2D eigenvalue weighted by Gasteiger charge is 2.36. The Balaban J connectivity index is 0.000000187. The summed E-state index contributed by atoms with van der Waals surface area (Å²) in [5.41, 5.74) is -2.81. The molecule has 8 aromatic rings. The third-order valence-electron chi connectivity index (χ3n) is 15.9. The lowest BCUT2D eigenvalue weighted by Gasteiger charge is -2.26. The standard InChI is InChI=1S/C23H22F2IN3O5.C19H22FIN4O4.C17H19FIN3O4.C14H13FIN3O2/c1-12-15(24)4-3-5-18(12)34-19-9-20(32)29(2)22(21(19)23(33)27-10-14(31)11-30)28-17-7-6-13(26)8-16(17)25;1-19(2)28-10-13(29-19)9-24-17(26)8-16(22-11-23(3)4)25(18(24)27)15-6-5-12(21)7-14(15)20;1-17(2)25-9-11(26-17)8-21-15(23)7-14(20-3)22(16(21)24)13-5-4-10(19)6-12(13)18;1-18(2)8-17-13-6-10(20)7-14(21)19(13)12-4-3-9(16)5-11(12)15/h3-9,14,28,30-31H,10-11H2,1-2H3,(H,27,33);5-8,11,13H,9-10H2,1-4H3;4-7,11,20H,8-9H2,1-3H3;3-6,8H,7H2,1-2H3/t14-;13-;11-;/m000./s1. The molecule has 0 spiro atoms. The van der Waals surface area contributed by atoms with E-state index in [0.29, 0.717) is 10.7 Å². The molecular weight excluding hydrogens is 1900 g/mol. The van der Waals surface area contributed by atoms with Crippen LogP contribution in [0.15, 0.2) is 155 Å². The summed E-state index contributed by atoms with van der Waals surface area (Å²) < 4.78 is 108. The van der Waals surface area contributed by atoms with Crippen molar-refractivity contribution in [3.05, 3.63) is 228 Å². The molecular formula is C73H76F5I4N13O15. The number of halogens is 9. The smallest absolute Gasteiger partial charge is 0.337 e. The first-order valence-corrected chi connectivity index (χ1v) is 37.5. The number of aromatic nitrogens is 5. The van der Waals surface area contributed by atoms with Crippen LogP contribution in [0.3, 0.4) is 0 Å². The first kappa shape index (κ1) is 87.0. The molecule has 37 heteroatoms. The van der Waals surface area contributed by atoms with Gasteiger partial charge in [-0.2, -0.15) is 0 Å². The van der Waals surface area contributed by atoms with Crippen molar-refractivity contribution in [2.45, 2.75) is 84.0 Å². The van der Waals surface area contributed by atoms with Crippen LogP contribution >= 0.6 is 90.4 Å². The van der Waals surface area contributed by atoms with E-state index in [1.165, 1.54) is 112 Å². The monoisotopic (exact) mass is 1980 g/mol. The highest BCUT2D eigenvalue weighted by Crippen LogP contribution is 2.35. The average molecular weight is 1980 g/mol. The topological polar surface area (TPSA) is 318 Å². The Morgan fingerprint density at radius 1 is 0.655 bits per heavy atom. The van der Waals surface area contributed by atoms with Crippen molar-refractivity contribution >= 4 is 149 Å². The van der Waals surface area contributed by atoms with Crippen LogP contribution in [0.1, 0.15) is 50.0 Å². The molecule has 0 unspecified atom stereocenters. The molecule has 2 amide bonds. The van der Waals surface area contributed by atoms with Gasteiger partial charge in [0.25, 0.3) is 22.6 Å². The second-order valence-corrected chi connectivity index (χ2v) is 30.8. The van der Waals surface area contributed by atoms with E-state index in [4.69, 9.17) is 28.8 Å². The summed E-state index contributed by atoms with van der Waals surface area (Å²) in [6.07, 6.45) is 1.72. The fraction of sp³-hybridized carbons (Fsp3) is 0.315. The Morgan fingerprint density at radius 2 is 1.15 bits per heavy atom. The lowest BCUT2D eigenvalue weighted by Crippen LogP contribution is -2.43. The van der Waals surface area contributed by atoms with Crippen molar-refractivity contribution in [2.24, 2.45) is 17.0 Å². The number of pyridine rings is 1. The largest absolute Gasteiger partial charge is 0.456 e. The Bertz CT molecular complexity index is 5200. The number of hydrogen-bond acceptors (Lipinski definition) is 19. The van der Waals surface area contributed by atoms with E-state index in [1.54, 1.807) is 97.0 Å². The Kier molecular flexibility index (Phi) is 30.1. The quantitative estimate of drug-likeness (QED) is 0.0156. The first-order chi connectivity index (χ1) is 51.8. The van der Waals surface area contributed by atoms with E-state index in [-0.39, 0.29) is 114 Å². The lowest BCUT2D eigenvalue weighted by molar-refractivity contribution is -0.140. The lowest BCUT2D eigenvalue weighted by atomic mass is 10.1. The number of allylic oxidation sites excluding steroid dienone is 1. The van der Waals surface area contributed by atoms with E-state index in [9.17, 15) is 65.4 Å². The SMILES string of the molecule is CN(C)C=NC1=CC(=O)CC(=O)N1c1ccc(I)cc1F.CN(C)C=Nc1cc(=O)n(C[C@H]2COC(C)(C)O2)c(=O)n1-c1ccc(I)cc1F.CNc1cc(=O)n(C[C@H]2COC(C)(C)O2)c(=O)n1-c1ccc(I)cc1F.Cc1c(F)cccc1Oc1cc(=O)n(C)c(Nc2ccc(I)cc2F)c1C(=O)NC[C@H](O)CO. The minimum absolute atomic E-state index is 0.000977. The number of carbonyl (C=O) groups is 3. The highest BCUT2D eigenvalue weighted by molar-refractivity contribution is 14.1. The number of anilines is 4. The number of ether oxygens (including phenoxy) is 5. The second-order valence-electron chi connectivity index (χ2n) is 25.8. The fourth-order valence-corrected chi connectivity index (χ4v) is 12.5. The molecule has 3 aliphatic rings. The predicted octanol–water partition coefficient (Wildman–Crippen LogP) is 9.41. The molecule has 3 aliphatic heterocycles. The molecule has 11 rings (SSSR count). The van der Waals surface area contributed by atoms with Crippen LogP contribution in [0.25, 0.3) is 11.4 Å². The van der Waals surface area contributed by atoms with Crippen LogP contribution in [-0.2, 0) is 48.7 Å². The molecule has 0 saturated carbocycles. The summed E-state index contributed by atoms with van der Waals surface area (Å²) in [4.78, 5) is 113. The molecule has 6 heterocycles. The van der Waals surface area contributed by atoms with Crippen molar-refractivity contribution in [3.8, 4) is 22.9 Å². The van der Waals surface area contributed by atoms with Gasteiger partial charge in [0.05, 0.1) is 80.9 Å². The Morgan fingerprint density at radius 3 is 1.65 bits per heavy atom. The number of nitrogens with zero attached hydrogens (tertiary/aromatic N) is 10. The van der Waals surface area contributed by atoms with Crippen LogP contribution < -0.4 is 53.6 Å². The van der Waals surface area contributed by atoms with Gasteiger partial charge in [-0.1, -0.05) is 6.07 Å². The van der Waals surface area contributed by atoms with Gasteiger partial charge in [0, 0.05) is 93.0 Å². The Hall–Kier alpha value is -8.57. The van der Waals surface area contributed by atoms with Gasteiger partial charge in [0.1, 0.15) is 81.6 Å². The van der Waals surface area contributed by atoms with Gasteiger partial charge in [-0.05, 0) is 210 Å². The van der Waals surface area contributed by atoms with E-state index >= 15 is 0 Å². The second kappa shape index (κ2) is 38.1. The molecule has 2 fully saturated rings. The summed E-state index contributed by atoms with van der Waals surface area (Å²) in [7, 11) is 9.95. The van der Waals surface area contributed by atoms with Crippen LogP contribution in [0, 0.1) is 50.3 Å². The van der Waals surface area contributed by atoms with Crippen LogP contribution in [0.4, 0.5) is 50.8 Å². The number of amides is 2. The van der Waals surface area contributed by atoms with E-state index < -0.39 is 105 Å². The summed E-state index contributed by atoms with van der Waals surface area (Å²) in [5, 5.41) is 26.7. The maximum atomic E-state index is 14.7.